The van der Waals surface area contributed by atoms with Crippen LogP contribution in [0.25, 0.3) is 0 Å². The molecule has 0 aliphatic rings. The van der Waals surface area contributed by atoms with Crippen molar-refractivity contribution in [3.8, 4) is 11.5 Å². The number of carbonyl (C=O) groups excluding carboxylic acids is 1. The molecule has 0 heterocycles. The molecule has 0 aliphatic carbocycles. The van der Waals surface area contributed by atoms with Gasteiger partial charge in [0.1, 0.15) is 18.1 Å². The Morgan fingerprint density at radius 3 is 2.24 bits per heavy atom. The quantitative estimate of drug-likeness (QED) is 0.544. The molecule has 0 aromatic heterocycles. The highest BCUT2D eigenvalue weighted by atomic mass is 79.9. The Morgan fingerprint density at radius 1 is 0.931 bits per heavy atom. The monoisotopic (exact) mass is 461 g/mol. The molecule has 0 unspecified atom stereocenters. The van der Waals surface area contributed by atoms with Crippen LogP contribution in [0.1, 0.15) is 52.7 Å². The Morgan fingerprint density at radius 2 is 1.62 bits per heavy atom. The smallest absolute Gasteiger partial charge is 0.258 e. The number of nitrogens with one attached hydrogen (secondary N) is 1. The number of benzene rings is 2. The average molecular weight is 462 g/mol. The maximum absolute atomic E-state index is 12.1. The standard InChI is InChI=1S/C24H32BrNO3/c1-23(2,3)17-11-12-21(19(25)15-17)29-16-22(27)26-13-14-28-20-10-8-7-9-18(20)24(4,5)6/h7-12,15H,13-14,16H2,1-6H3,(H,26,27). The fraction of sp³-hybridized carbons (Fsp3) is 0.458. The van der Waals surface area contributed by atoms with Crippen molar-refractivity contribution >= 4 is 21.8 Å². The molecule has 0 atom stereocenters. The van der Waals surface area contributed by atoms with Crippen molar-refractivity contribution in [3.63, 3.8) is 0 Å². The third-order valence-corrected chi connectivity index (χ3v) is 5.15. The van der Waals surface area contributed by atoms with E-state index in [1.807, 2.05) is 36.4 Å². The molecule has 0 aliphatic heterocycles. The molecule has 2 rings (SSSR count). The van der Waals surface area contributed by atoms with Gasteiger partial charge in [-0.25, -0.2) is 0 Å². The molecule has 0 bridgehead atoms. The number of halogens is 1. The number of rotatable bonds is 7. The van der Waals surface area contributed by atoms with Crippen LogP contribution in [0.2, 0.25) is 0 Å². The number of ether oxygens (including phenoxy) is 2. The van der Waals surface area contributed by atoms with Gasteiger partial charge in [0.2, 0.25) is 0 Å². The van der Waals surface area contributed by atoms with Crippen LogP contribution >= 0.6 is 15.9 Å². The second-order valence-electron chi connectivity index (χ2n) is 9.13. The predicted molar refractivity (Wildman–Crippen MR) is 122 cm³/mol. The van der Waals surface area contributed by atoms with Crippen molar-refractivity contribution < 1.29 is 14.3 Å². The average Bonchev–Trinajstić information content (AvgIpc) is 2.63. The lowest BCUT2D eigenvalue weighted by Crippen LogP contribution is -2.32. The van der Waals surface area contributed by atoms with Crippen LogP contribution < -0.4 is 14.8 Å². The minimum atomic E-state index is -0.176. The van der Waals surface area contributed by atoms with Crippen LogP contribution in [0, 0.1) is 0 Å². The SMILES string of the molecule is CC(C)(C)c1ccc(OCC(=O)NCCOc2ccccc2C(C)(C)C)c(Br)c1. The van der Waals surface area contributed by atoms with E-state index >= 15 is 0 Å². The van der Waals surface area contributed by atoms with E-state index in [0.29, 0.717) is 18.9 Å². The van der Waals surface area contributed by atoms with Crippen LogP contribution in [0.4, 0.5) is 0 Å². The van der Waals surface area contributed by atoms with E-state index in [1.54, 1.807) is 0 Å². The summed E-state index contributed by atoms with van der Waals surface area (Å²) in [5.74, 6) is 1.33. The Labute approximate surface area is 183 Å². The van der Waals surface area contributed by atoms with Gasteiger partial charge < -0.3 is 14.8 Å². The van der Waals surface area contributed by atoms with Crippen LogP contribution in [-0.4, -0.2) is 25.7 Å². The lowest BCUT2D eigenvalue weighted by molar-refractivity contribution is -0.123. The minimum absolute atomic E-state index is 0.00358. The summed E-state index contributed by atoms with van der Waals surface area (Å²) in [5.41, 5.74) is 2.42. The van der Waals surface area contributed by atoms with E-state index in [2.05, 4.69) is 68.9 Å². The van der Waals surface area contributed by atoms with E-state index in [-0.39, 0.29) is 23.3 Å². The first-order valence-corrected chi connectivity index (χ1v) is 10.7. The van der Waals surface area contributed by atoms with Gasteiger partial charge in [-0.15, -0.1) is 0 Å². The van der Waals surface area contributed by atoms with Crippen molar-refractivity contribution in [3.05, 3.63) is 58.1 Å². The fourth-order valence-electron chi connectivity index (χ4n) is 2.84. The fourth-order valence-corrected chi connectivity index (χ4v) is 3.34. The number of carbonyl (C=O) groups is 1. The van der Waals surface area contributed by atoms with E-state index in [4.69, 9.17) is 9.47 Å². The zero-order valence-corrected chi connectivity index (χ0v) is 19.9. The highest BCUT2D eigenvalue weighted by Gasteiger charge is 2.18. The summed E-state index contributed by atoms with van der Waals surface area (Å²) in [6.07, 6.45) is 0. The molecular weight excluding hydrogens is 430 g/mol. The van der Waals surface area contributed by atoms with Gasteiger partial charge in [0, 0.05) is 0 Å². The molecule has 1 amide bonds. The predicted octanol–water partition coefficient (Wildman–Crippen LogP) is 5.62. The Hall–Kier alpha value is -2.01. The maximum atomic E-state index is 12.1. The van der Waals surface area contributed by atoms with Crippen molar-refractivity contribution in [2.45, 2.75) is 52.4 Å². The topological polar surface area (TPSA) is 47.6 Å². The zero-order chi connectivity index (χ0) is 21.7. The molecule has 5 heteroatoms. The van der Waals surface area contributed by atoms with Crippen molar-refractivity contribution in [2.24, 2.45) is 0 Å². The Bertz CT molecular complexity index is 835. The molecule has 0 radical (unpaired) electrons. The molecule has 0 spiro atoms. The highest BCUT2D eigenvalue weighted by Crippen LogP contribution is 2.32. The van der Waals surface area contributed by atoms with Crippen LogP contribution in [0.5, 0.6) is 11.5 Å². The van der Waals surface area contributed by atoms with Gasteiger partial charge >= 0.3 is 0 Å². The van der Waals surface area contributed by atoms with Gasteiger partial charge in [-0.05, 0) is 56.1 Å². The first kappa shape index (κ1) is 23.3. The lowest BCUT2D eigenvalue weighted by atomic mass is 9.86. The van der Waals surface area contributed by atoms with Gasteiger partial charge in [-0.2, -0.15) is 0 Å². The summed E-state index contributed by atoms with van der Waals surface area (Å²) in [6, 6.07) is 14.0. The van der Waals surface area contributed by atoms with E-state index in [1.165, 1.54) is 5.56 Å². The Balaban J connectivity index is 1.79. The van der Waals surface area contributed by atoms with Gasteiger partial charge in [0.15, 0.2) is 6.61 Å². The second kappa shape index (κ2) is 9.66. The zero-order valence-electron chi connectivity index (χ0n) is 18.3. The van der Waals surface area contributed by atoms with Gasteiger partial charge in [-0.3, -0.25) is 4.79 Å². The lowest BCUT2D eigenvalue weighted by Gasteiger charge is -2.22. The number of hydrogen-bond acceptors (Lipinski definition) is 3. The van der Waals surface area contributed by atoms with Gasteiger partial charge in [0.25, 0.3) is 5.91 Å². The summed E-state index contributed by atoms with van der Waals surface area (Å²) in [5, 5.41) is 2.83. The van der Waals surface area contributed by atoms with Gasteiger partial charge in [0.05, 0.1) is 11.0 Å². The largest absolute Gasteiger partial charge is 0.491 e. The molecule has 2 aromatic carbocycles. The van der Waals surface area contributed by atoms with Crippen molar-refractivity contribution in [1.82, 2.24) is 5.32 Å². The summed E-state index contributed by atoms with van der Waals surface area (Å²) in [6.45, 7) is 13.7. The molecule has 158 valence electrons. The van der Waals surface area contributed by atoms with Crippen LogP contribution in [0.3, 0.4) is 0 Å². The molecule has 0 saturated carbocycles. The number of amides is 1. The number of para-hydroxylation sites is 1. The highest BCUT2D eigenvalue weighted by molar-refractivity contribution is 9.10. The van der Waals surface area contributed by atoms with Gasteiger partial charge in [-0.1, -0.05) is 65.8 Å². The normalized spacial score (nSPS) is 11.8. The molecule has 4 nitrogen and oxygen atoms in total. The molecular formula is C24H32BrNO3. The van der Waals surface area contributed by atoms with Crippen molar-refractivity contribution in [1.29, 1.82) is 0 Å². The van der Waals surface area contributed by atoms with E-state index < -0.39 is 0 Å². The summed E-state index contributed by atoms with van der Waals surface area (Å²) in [4.78, 5) is 12.1. The number of hydrogen-bond donors (Lipinski definition) is 1. The van der Waals surface area contributed by atoms with Crippen LogP contribution in [-0.2, 0) is 15.6 Å². The second-order valence-corrected chi connectivity index (χ2v) is 9.98. The molecule has 29 heavy (non-hydrogen) atoms. The van der Waals surface area contributed by atoms with Crippen LogP contribution in [0.15, 0.2) is 46.9 Å². The first-order valence-electron chi connectivity index (χ1n) is 9.90. The molecule has 1 N–H and O–H groups in total. The molecule has 0 saturated heterocycles. The minimum Gasteiger partial charge on any atom is -0.491 e. The van der Waals surface area contributed by atoms with E-state index in [9.17, 15) is 4.79 Å². The first-order chi connectivity index (χ1) is 13.5. The third-order valence-electron chi connectivity index (χ3n) is 4.53. The Kier molecular flexibility index (Phi) is 7.75. The third kappa shape index (κ3) is 7.07. The van der Waals surface area contributed by atoms with Crippen molar-refractivity contribution in [2.75, 3.05) is 19.8 Å². The van der Waals surface area contributed by atoms with E-state index in [0.717, 1.165) is 15.8 Å². The summed E-state index contributed by atoms with van der Waals surface area (Å²) in [7, 11) is 0. The molecule has 0 fully saturated rings. The maximum Gasteiger partial charge on any atom is 0.258 e. The summed E-state index contributed by atoms with van der Waals surface area (Å²) >= 11 is 3.53. The molecule has 2 aromatic rings. The summed E-state index contributed by atoms with van der Waals surface area (Å²) < 4.78 is 12.4.